The minimum absolute atomic E-state index is 0.0337. The Hall–Kier alpha value is -0.610. The highest BCUT2D eigenvalue weighted by Crippen LogP contribution is 1.83. The smallest absolute Gasteiger partial charge is 0.233 e. The number of unbranched alkanes of at least 4 members (excludes halogenated alkanes) is 1. The molecule has 0 heterocycles. The first kappa shape index (κ1) is 12.4. The van der Waals surface area contributed by atoms with E-state index in [1.54, 1.807) is 0 Å². The Morgan fingerprint density at radius 2 is 2.08 bits per heavy atom. The van der Waals surface area contributed by atoms with Crippen molar-refractivity contribution in [1.29, 1.82) is 0 Å². The van der Waals surface area contributed by atoms with E-state index < -0.39 is 0 Å². The second-order valence-corrected chi connectivity index (χ2v) is 2.96. The van der Waals surface area contributed by atoms with Crippen LogP contribution in [-0.2, 0) is 4.79 Å². The van der Waals surface area contributed by atoms with Gasteiger partial charge in [0.15, 0.2) is 0 Å². The van der Waals surface area contributed by atoms with Gasteiger partial charge in [-0.05, 0) is 25.8 Å². The van der Waals surface area contributed by atoms with Crippen LogP contribution in [0.15, 0.2) is 0 Å². The fraction of sp³-hybridized carbons (Fsp3) is 0.889. The number of hydrogen-bond donors (Lipinski definition) is 3. The molecule has 0 saturated heterocycles. The number of amides is 1. The van der Waals surface area contributed by atoms with Crippen LogP contribution in [0.2, 0.25) is 0 Å². The SMILES string of the molecule is CCCNCC(=O)NCCCCO. The summed E-state index contributed by atoms with van der Waals surface area (Å²) in [6.45, 7) is 4.19. The fourth-order valence-corrected chi connectivity index (χ4v) is 0.906. The van der Waals surface area contributed by atoms with Gasteiger partial charge in [0, 0.05) is 13.2 Å². The van der Waals surface area contributed by atoms with Gasteiger partial charge in [-0.15, -0.1) is 0 Å². The molecule has 0 aromatic rings. The molecule has 1 amide bonds. The van der Waals surface area contributed by atoms with E-state index in [1.165, 1.54) is 0 Å². The third-order valence-electron chi connectivity index (χ3n) is 1.62. The van der Waals surface area contributed by atoms with Gasteiger partial charge in [0.1, 0.15) is 0 Å². The number of rotatable bonds is 8. The highest BCUT2D eigenvalue weighted by Gasteiger charge is 1.97. The average Bonchev–Trinajstić information content (AvgIpc) is 2.13. The zero-order valence-corrected chi connectivity index (χ0v) is 8.31. The molecular weight excluding hydrogens is 168 g/mol. The van der Waals surface area contributed by atoms with Crippen LogP contribution in [0.5, 0.6) is 0 Å². The molecule has 0 spiro atoms. The number of nitrogens with one attached hydrogen (secondary N) is 2. The summed E-state index contributed by atoms with van der Waals surface area (Å²) in [5, 5.41) is 14.3. The Morgan fingerprint density at radius 1 is 1.31 bits per heavy atom. The van der Waals surface area contributed by atoms with Gasteiger partial charge in [0.05, 0.1) is 6.54 Å². The lowest BCUT2D eigenvalue weighted by Gasteiger charge is -2.04. The third-order valence-corrected chi connectivity index (χ3v) is 1.62. The summed E-state index contributed by atoms with van der Waals surface area (Å²) in [7, 11) is 0. The topological polar surface area (TPSA) is 61.4 Å². The Morgan fingerprint density at radius 3 is 2.69 bits per heavy atom. The first-order valence-electron chi connectivity index (χ1n) is 4.89. The molecular formula is C9H20N2O2. The molecule has 0 aliphatic carbocycles. The summed E-state index contributed by atoms with van der Waals surface area (Å²) in [6.07, 6.45) is 2.64. The van der Waals surface area contributed by atoms with Crippen molar-refractivity contribution in [3.8, 4) is 0 Å². The van der Waals surface area contributed by atoms with Crippen molar-refractivity contribution in [2.24, 2.45) is 0 Å². The molecule has 4 nitrogen and oxygen atoms in total. The molecule has 0 radical (unpaired) electrons. The maximum atomic E-state index is 11.0. The Labute approximate surface area is 79.7 Å². The molecule has 0 saturated carbocycles. The van der Waals surface area contributed by atoms with Crippen LogP contribution in [0.4, 0.5) is 0 Å². The van der Waals surface area contributed by atoms with Crippen molar-refractivity contribution in [2.75, 3.05) is 26.2 Å². The van der Waals surface area contributed by atoms with Crippen molar-refractivity contribution >= 4 is 5.91 Å². The fourth-order valence-electron chi connectivity index (χ4n) is 0.906. The zero-order chi connectivity index (χ0) is 9.94. The van der Waals surface area contributed by atoms with E-state index in [0.29, 0.717) is 13.1 Å². The highest BCUT2D eigenvalue weighted by molar-refractivity contribution is 5.77. The first-order chi connectivity index (χ1) is 6.31. The monoisotopic (exact) mass is 188 g/mol. The summed E-state index contributed by atoms with van der Waals surface area (Å²) in [4.78, 5) is 11.0. The molecule has 78 valence electrons. The Balaban J connectivity index is 3.11. The van der Waals surface area contributed by atoms with E-state index in [2.05, 4.69) is 17.6 Å². The summed E-state index contributed by atoms with van der Waals surface area (Å²) in [6, 6.07) is 0. The van der Waals surface area contributed by atoms with Crippen molar-refractivity contribution in [2.45, 2.75) is 26.2 Å². The molecule has 3 N–H and O–H groups in total. The van der Waals surface area contributed by atoms with Gasteiger partial charge in [0.25, 0.3) is 0 Å². The van der Waals surface area contributed by atoms with Gasteiger partial charge < -0.3 is 15.7 Å². The van der Waals surface area contributed by atoms with Gasteiger partial charge in [-0.2, -0.15) is 0 Å². The van der Waals surface area contributed by atoms with Gasteiger partial charge in [-0.1, -0.05) is 6.92 Å². The maximum Gasteiger partial charge on any atom is 0.233 e. The van der Waals surface area contributed by atoms with Crippen molar-refractivity contribution in [3.63, 3.8) is 0 Å². The van der Waals surface area contributed by atoms with Crippen LogP contribution >= 0.6 is 0 Å². The van der Waals surface area contributed by atoms with Crippen LogP contribution in [-0.4, -0.2) is 37.3 Å². The molecule has 0 aliphatic rings. The van der Waals surface area contributed by atoms with Crippen molar-refractivity contribution in [3.05, 3.63) is 0 Å². The van der Waals surface area contributed by atoms with E-state index in [9.17, 15) is 4.79 Å². The number of aliphatic hydroxyl groups is 1. The molecule has 0 aromatic heterocycles. The van der Waals surface area contributed by atoms with Crippen molar-refractivity contribution in [1.82, 2.24) is 10.6 Å². The normalized spacial score (nSPS) is 10.0. The summed E-state index contributed by atoms with van der Waals surface area (Å²) in [5.74, 6) is 0.0337. The number of aliphatic hydroxyl groups excluding tert-OH is 1. The van der Waals surface area contributed by atoms with E-state index in [0.717, 1.165) is 25.8 Å². The molecule has 4 heteroatoms. The van der Waals surface area contributed by atoms with Crippen LogP contribution in [0.1, 0.15) is 26.2 Å². The van der Waals surface area contributed by atoms with Gasteiger partial charge >= 0.3 is 0 Å². The van der Waals surface area contributed by atoms with Crippen molar-refractivity contribution < 1.29 is 9.90 Å². The van der Waals surface area contributed by atoms with Crippen LogP contribution in [0.25, 0.3) is 0 Å². The minimum Gasteiger partial charge on any atom is -0.396 e. The predicted octanol–water partition coefficient (Wildman–Crippen LogP) is -0.125. The van der Waals surface area contributed by atoms with E-state index in [4.69, 9.17) is 5.11 Å². The Kier molecular flexibility index (Phi) is 9.03. The standard InChI is InChI=1S/C9H20N2O2/c1-2-5-10-8-9(13)11-6-3-4-7-12/h10,12H,2-8H2,1H3,(H,11,13). The molecule has 0 fully saturated rings. The summed E-state index contributed by atoms with van der Waals surface area (Å²) < 4.78 is 0. The second-order valence-electron chi connectivity index (χ2n) is 2.96. The number of carbonyl (C=O) groups excluding carboxylic acids is 1. The Bertz CT molecular complexity index is 129. The molecule has 13 heavy (non-hydrogen) atoms. The molecule has 0 rings (SSSR count). The van der Waals surface area contributed by atoms with E-state index in [1.807, 2.05) is 0 Å². The van der Waals surface area contributed by atoms with Crippen LogP contribution < -0.4 is 10.6 Å². The summed E-state index contributed by atoms with van der Waals surface area (Å²) in [5.41, 5.74) is 0. The number of hydrogen-bond acceptors (Lipinski definition) is 3. The summed E-state index contributed by atoms with van der Waals surface area (Å²) >= 11 is 0. The molecule has 0 unspecified atom stereocenters. The first-order valence-corrected chi connectivity index (χ1v) is 4.89. The maximum absolute atomic E-state index is 11.0. The minimum atomic E-state index is 0.0337. The molecule has 0 bridgehead atoms. The zero-order valence-electron chi connectivity index (χ0n) is 8.31. The quantitative estimate of drug-likeness (QED) is 0.465. The lowest BCUT2D eigenvalue weighted by atomic mass is 10.3. The van der Waals surface area contributed by atoms with Gasteiger partial charge in [0.2, 0.25) is 5.91 Å². The molecule has 0 atom stereocenters. The number of carbonyl (C=O) groups is 1. The van der Waals surface area contributed by atoms with Crippen LogP contribution in [0.3, 0.4) is 0 Å². The van der Waals surface area contributed by atoms with Gasteiger partial charge in [-0.3, -0.25) is 4.79 Å². The van der Waals surface area contributed by atoms with Gasteiger partial charge in [-0.25, -0.2) is 0 Å². The highest BCUT2D eigenvalue weighted by atomic mass is 16.2. The third kappa shape index (κ3) is 9.30. The average molecular weight is 188 g/mol. The second kappa shape index (κ2) is 9.48. The predicted molar refractivity (Wildman–Crippen MR) is 52.5 cm³/mol. The largest absolute Gasteiger partial charge is 0.396 e. The van der Waals surface area contributed by atoms with E-state index >= 15 is 0 Å². The molecule has 0 aliphatic heterocycles. The lowest BCUT2D eigenvalue weighted by molar-refractivity contribution is -0.120. The van der Waals surface area contributed by atoms with Crippen LogP contribution in [0, 0.1) is 0 Å². The lowest BCUT2D eigenvalue weighted by Crippen LogP contribution is -2.34. The molecule has 0 aromatic carbocycles. The van der Waals surface area contributed by atoms with E-state index in [-0.39, 0.29) is 12.5 Å².